The van der Waals surface area contributed by atoms with Gasteiger partial charge in [0.25, 0.3) is 0 Å². The van der Waals surface area contributed by atoms with Crippen molar-refractivity contribution in [3.8, 4) is 5.75 Å². The zero-order chi connectivity index (χ0) is 16.5. The molecule has 0 spiro atoms. The van der Waals surface area contributed by atoms with Gasteiger partial charge in [0.05, 0.1) is 6.21 Å². The van der Waals surface area contributed by atoms with Gasteiger partial charge in [-0.1, -0.05) is 29.8 Å². The van der Waals surface area contributed by atoms with Crippen LogP contribution in [0.3, 0.4) is 0 Å². The van der Waals surface area contributed by atoms with Gasteiger partial charge < -0.3 is 10.1 Å². The van der Waals surface area contributed by atoms with E-state index in [2.05, 4.69) is 15.8 Å². The van der Waals surface area contributed by atoms with Crippen LogP contribution in [0.2, 0.25) is 5.02 Å². The van der Waals surface area contributed by atoms with Crippen LogP contribution in [-0.4, -0.2) is 17.9 Å². The lowest BCUT2D eigenvalue weighted by atomic mass is 10.2. The van der Waals surface area contributed by atoms with E-state index in [1.807, 2.05) is 55.5 Å². The lowest BCUT2D eigenvalue weighted by Gasteiger charge is -2.08. The molecule has 0 atom stereocenters. The Morgan fingerprint density at radius 1 is 1.22 bits per heavy atom. The van der Waals surface area contributed by atoms with Crippen LogP contribution in [-0.2, 0) is 6.61 Å². The Balaban J connectivity index is 1.86. The molecule has 0 saturated carbocycles. The summed E-state index contributed by atoms with van der Waals surface area (Å²) in [6.07, 6.45) is 1.70. The number of hydrogen-bond donors (Lipinski definition) is 2. The molecule has 2 aromatic carbocycles. The highest BCUT2D eigenvalue weighted by Gasteiger charge is 2.00. The first-order valence-electron chi connectivity index (χ1n) is 7.22. The quantitative estimate of drug-likeness (QED) is 0.475. The predicted octanol–water partition coefficient (Wildman–Crippen LogP) is 3.74. The van der Waals surface area contributed by atoms with Crippen molar-refractivity contribution in [2.75, 3.05) is 6.54 Å². The van der Waals surface area contributed by atoms with E-state index in [4.69, 9.17) is 28.6 Å². The second kappa shape index (κ2) is 9.12. The molecule has 0 heterocycles. The molecule has 0 unspecified atom stereocenters. The third-order valence-corrected chi connectivity index (χ3v) is 3.55. The van der Waals surface area contributed by atoms with Gasteiger partial charge in [-0.15, -0.1) is 0 Å². The molecular formula is C17H18ClN3OS. The molecule has 2 N–H and O–H groups in total. The molecule has 0 aliphatic rings. The largest absolute Gasteiger partial charge is 0.489 e. The minimum Gasteiger partial charge on any atom is -0.489 e. The van der Waals surface area contributed by atoms with Crippen LogP contribution in [0, 0.1) is 0 Å². The number of rotatable bonds is 6. The SMILES string of the molecule is CCNC(=S)NN=Cc1ccc(OCc2ccccc2Cl)cc1. The maximum atomic E-state index is 6.10. The molecular weight excluding hydrogens is 330 g/mol. The monoisotopic (exact) mass is 347 g/mol. The highest BCUT2D eigenvalue weighted by atomic mass is 35.5. The summed E-state index contributed by atoms with van der Waals surface area (Å²) in [6.45, 7) is 3.17. The Kier molecular flexibility index (Phi) is 6.84. The predicted molar refractivity (Wildman–Crippen MR) is 99.2 cm³/mol. The number of halogens is 1. The topological polar surface area (TPSA) is 45.7 Å². The molecule has 0 aromatic heterocycles. The van der Waals surface area contributed by atoms with Crippen molar-refractivity contribution in [1.29, 1.82) is 0 Å². The van der Waals surface area contributed by atoms with E-state index in [1.165, 1.54) is 0 Å². The van der Waals surface area contributed by atoms with Crippen LogP contribution in [0.15, 0.2) is 53.6 Å². The summed E-state index contributed by atoms with van der Waals surface area (Å²) in [6, 6.07) is 15.3. The van der Waals surface area contributed by atoms with E-state index >= 15 is 0 Å². The van der Waals surface area contributed by atoms with Gasteiger partial charge in [0.2, 0.25) is 0 Å². The van der Waals surface area contributed by atoms with Gasteiger partial charge in [0.15, 0.2) is 5.11 Å². The minimum atomic E-state index is 0.436. The van der Waals surface area contributed by atoms with Gasteiger partial charge in [-0.05, 0) is 55.0 Å². The molecule has 0 bridgehead atoms. The van der Waals surface area contributed by atoms with Gasteiger partial charge >= 0.3 is 0 Å². The van der Waals surface area contributed by atoms with Crippen molar-refractivity contribution >= 4 is 35.1 Å². The number of ether oxygens (including phenoxy) is 1. The molecule has 2 aromatic rings. The van der Waals surface area contributed by atoms with Gasteiger partial charge in [0.1, 0.15) is 12.4 Å². The van der Waals surface area contributed by atoms with Crippen LogP contribution in [0.4, 0.5) is 0 Å². The first-order valence-corrected chi connectivity index (χ1v) is 8.01. The van der Waals surface area contributed by atoms with E-state index in [0.717, 1.165) is 23.4 Å². The molecule has 23 heavy (non-hydrogen) atoms. The van der Waals surface area contributed by atoms with Crippen molar-refractivity contribution in [3.63, 3.8) is 0 Å². The summed E-state index contributed by atoms with van der Waals surface area (Å²) in [5, 5.41) is 8.22. The molecule has 120 valence electrons. The summed E-state index contributed by atoms with van der Waals surface area (Å²) in [5.41, 5.74) is 4.65. The molecule has 0 aliphatic carbocycles. The Hall–Kier alpha value is -2.11. The zero-order valence-corrected chi connectivity index (χ0v) is 14.3. The summed E-state index contributed by atoms with van der Waals surface area (Å²) >= 11 is 11.1. The summed E-state index contributed by atoms with van der Waals surface area (Å²) in [4.78, 5) is 0. The Bertz CT molecular complexity index is 674. The molecule has 0 radical (unpaired) electrons. The Morgan fingerprint density at radius 2 is 1.96 bits per heavy atom. The van der Waals surface area contributed by atoms with Crippen molar-refractivity contribution in [2.24, 2.45) is 5.10 Å². The van der Waals surface area contributed by atoms with E-state index < -0.39 is 0 Å². The summed E-state index contributed by atoms with van der Waals surface area (Å²) in [7, 11) is 0. The van der Waals surface area contributed by atoms with Crippen LogP contribution >= 0.6 is 23.8 Å². The van der Waals surface area contributed by atoms with Gasteiger partial charge in [0, 0.05) is 17.1 Å². The van der Waals surface area contributed by atoms with Gasteiger partial charge in [-0.25, -0.2) is 0 Å². The number of hydrazone groups is 1. The highest BCUT2D eigenvalue weighted by molar-refractivity contribution is 7.80. The van der Waals surface area contributed by atoms with E-state index in [1.54, 1.807) is 6.21 Å². The van der Waals surface area contributed by atoms with Crippen LogP contribution in [0.5, 0.6) is 5.75 Å². The number of nitrogens with zero attached hydrogens (tertiary/aromatic N) is 1. The molecule has 6 heteroatoms. The van der Waals surface area contributed by atoms with Crippen molar-refractivity contribution < 1.29 is 4.74 Å². The summed E-state index contributed by atoms with van der Waals surface area (Å²) < 4.78 is 5.73. The maximum absolute atomic E-state index is 6.10. The summed E-state index contributed by atoms with van der Waals surface area (Å²) in [5.74, 6) is 0.776. The lowest BCUT2D eigenvalue weighted by molar-refractivity contribution is 0.306. The molecule has 0 amide bonds. The molecule has 0 fully saturated rings. The van der Waals surface area contributed by atoms with Crippen molar-refractivity contribution in [2.45, 2.75) is 13.5 Å². The fraction of sp³-hybridized carbons (Fsp3) is 0.176. The average molecular weight is 348 g/mol. The lowest BCUT2D eigenvalue weighted by Crippen LogP contribution is -2.31. The smallest absolute Gasteiger partial charge is 0.186 e. The maximum Gasteiger partial charge on any atom is 0.186 e. The second-order valence-electron chi connectivity index (χ2n) is 4.68. The van der Waals surface area contributed by atoms with Crippen LogP contribution in [0.25, 0.3) is 0 Å². The van der Waals surface area contributed by atoms with E-state index in [9.17, 15) is 0 Å². The highest BCUT2D eigenvalue weighted by Crippen LogP contribution is 2.18. The van der Waals surface area contributed by atoms with Crippen molar-refractivity contribution in [3.05, 3.63) is 64.7 Å². The number of hydrogen-bond acceptors (Lipinski definition) is 3. The third kappa shape index (κ3) is 5.88. The number of benzene rings is 2. The first-order chi connectivity index (χ1) is 11.2. The molecule has 2 rings (SSSR count). The van der Waals surface area contributed by atoms with Gasteiger partial charge in [-0.3, -0.25) is 5.43 Å². The zero-order valence-electron chi connectivity index (χ0n) is 12.8. The molecule has 0 aliphatic heterocycles. The minimum absolute atomic E-state index is 0.436. The normalized spacial score (nSPS) is 10.5. The van der Waals surface area contributed by atoms with Crippen LogP contribution < -0.4 is 15.5 Å². The third-order valence-electron chi connectivity index (χ3n) is 2.95. The number of thiocarbonyl (C=S) groups is 1. The fourth-order valence-corrected chi connectivity index (χ4v) is 2.18. The Morgan fingerprint density at radius 3 is 2.65 bits per heavy atom. The molecule has 0 saturated heterocycles. The fourth-order valence-electron chi connectivity index (χ4n) is 1.79. The standard InChI is InChI=1S/C17H18ClN3OS/c1-2-19-17(23)21-20-11-13-7-9-15(10-8-13)22-12-14-5-3-4-6-16(14)18/h3-11H,2,12H2,1H3,(H2,19,21,23). The van der Waals surface area contributed by atoms with Gasteiger partial charge in [-0.2, -0.15) is 5.10 Å². The first kappa shape index (κ1) is 17.2. The van der Waals surface area contributed by atoms with Crippen molar-refractivity contribution in [1.82, 2.24) is 10.7 Å². The van der Waals surface area contributed by atoms with E-state index in [0.29, 0.717) is 16.7 Å². The second-order valence-corrected chi connectivity index (χ2v) is 5.49. The van der Waals surface area contributed by atoms with Crippen LogP contribution in [0.1, 0.15) is 18.1 Å². The average Bonchev–Trinajstić information content (AvgIpc) is 2.56. The number of nitrogens with one attached hydrogen (secondary N) is 2. The van der Waals surface area contributed by atoms with E-state index in [-0.39, 0.29) is 0 Å². The Labute approximate surface area is 146 Å². The molecule has 4 nitrogen and oxygen atoms in total.